The van der Waals surface area contributed by atoms with Gasteiger partial charge in [0, 0.05) is 17.5 Å². The second-order valence-corrected chi connectivity index (χ2v) is 4.52. The van der Waals surface area contributed by atoms with Crippen molar-refractivity contribution in [3.8, 4) is 0 Å². The highest BCUT2D eigenvalue weighted by Gasteiger charge is 2.11. The summed E-state index contributed by atoms with van der Waals surface area (Å²) in [6.45, 7) is 2.07. The Kier molecular flexibility index (Phi) is 3.33. The van der Waals surface area contributed by atoms with Gasteiger partial charge in [0.25, 0.3) is 0 Å². The van der Waals surface area contributed by atoms with E-state index in [1.54, 1.807) is 5.38 Å². The van der Waals surface area contributed by atoms with E-state index in [0.717, 1.165) is 11.1 Å². The summed E-state index contributed by atoms with van der Waals surface area (Å²) in [6.07, 6.45) is 0. The number of anilines is 1. The summed E-state index contributed by atoms with van der Waals surface area (Å²) in [5.74, 6) is -3.11. The van der Waals surface area contributed by atoms with Gasteiger partial charge in [0.05, 0.1) is 22.9 Å². The summed E-state index contributed by atoms with van der Waals surface area (Å²) in [5.41, 5.74) is 0.504. The van der Waals surface area contributed by atoms with Crippen LogP contribution in [-0.2, 0) is 6.54 Å². The molecule has 0 saturated carbocycles. The molecule has 1 N–H and O–H groups in total. The van der Waals surface area contributed by atoms with Crippen molar-refractivity contribution in [2.45, 2.75) is 13.5 Å². The number of nitrogens with zero attached hydrogens (tertiary/aromatic N) is 1. The maximum Gasteiger partial charge on any atom is 0.182 e. The van der Waals surface area contributed by atoms with Gasteiger partial charge in [-0.2, -0.15) is 0 Å². The number of aryl methyl sites for hydroxylation is 1. The molecule has 0 atom stereocenters. The highest BCUT2D eigenvalue weighted by molar-refractivity contribution is 7.09. The Bertz CT molecular complexity index is 540. The van der Waals surface area contributed by atoms with Gasteiger partial charge in [-0.3, -0.25) is 0 Å². The molecule has 2 nitrogen and oxygen atoms in total. The lowest BCUT2D eigenvalue weighted by Gasteiger charge is -2.06. The molecule has 0 aliphatic rings. The van der Waals surface area contributed by atoms with Crippen LogP contribution in [0.3, 0.4) is 0 Å². The highest BCUT2D eigenvalue weighted by Crippen LogP contribution is 2.20. The van der Waals surface area contributed by atoms with E-state index in [-0.39, 0.29) is 12.2 Å². The van der Waals surface area contributed by atoms with Crippen LogP contribution in [0.25, 0.3) is 0 Å². The van der Waals surface area contributed by atoms with Crippen molar-refractivity contribution in [1.29, 1.82) is 0 Å². The van der Waals surface area contributed by atoms with Crippen molar-refractivity contribution in [3.63, 3.8) is 0 Å². The van der Waals surface area contributed by atoms with Gasteiger partial charge >= 0.3 is 0 Å². The lowest BCUT2D eigenvalue weighted by molar-refractivity contribution is 0.497. The van der Waals surface area contributed by atoms with Crippen molar-refractivity contribution < 1.29 is 13.2 Å². The summed E-state index contributed by atoms with van der Waals surface area (Å²) in [7, 11) is 0. The van der Waals surface area contributed by atoms with E-state index in [4.69, 9.17) is 0 Å². The molecule has 0 bridgehead atoms. The average Bonchev–Trinajstić information content (AvgIpc) is 2.67. The summed E-state index contributed by atoms with van der Waals surface area (Å²) < 4.78 is 39.0. The molecule has 1 aromatic carbocycles. The molecule has 0 radical (unpaired) electrons. The molecular formula is C11H9F3N2S. The summed E-state index contributed by atoms with van der Waals surface area (Å²) in [4.78, 5) is 4.15. The standard InChI is InChI=1S/C11H9F3N2S/c1-6-16-8(5-17-6)4-15-10-3-7(12)2-9(13)11(10)14/h2-3,5,15H,4H2,1H3. The smallest absolute Gasteiger partial charge is 0.182 e. The van der Waals surface area contributed by atoms with E-state index in [0.29, 0.717) is 11.8 Å². The van der Waals surface area contributed by atoms with Gasteiger partial charge in [0.1, 0.15) is 5.82 Å². The first-order chi connectivity index (χ1) is 8.06. The molecule has 0 saturated heterocycles. The largest absolute Gasteiger partial charge is 0.377 e. The maximum absolute atomic E-state index is 13.3. The minimum Gasteiger partial charge on any atom is -0.377 e. The third-order valence-electron chi connectivity index (χ3n) is 2.12. The van der Waals surface area contributed by atoms with Gasteiger partial charge < -0.3 is 5.32 Å². The number of thiazole rings is 1. The van der Waals surface area contributed by atoms with Crippen LogP contribution in [0, 0.1) is 24.4 Å². The Morgan fingerprint density at radius 2 is 2.06 bits per heavy atom. The summed E-state index contributed by atoms with van der Waals surface area (Å²) >= 11 is 1.46. The van der Waals surface area contributed by atoms with Crippen LogP contribution in [-0.4, -0.2) is 4.98 Å². The SMILES string of the molecule is Cc1nc(CNc2cc(F)cc(F)c2F)cs1. The van der Waals surface area contributed by atoms with Crippen LogP contribution >= 0.6 is 11.3 Å². The molecule has 17 heavy (non-hydrogen) atoms. The van der Waals surface area contributed by atoms with Gasteiger partial charge in [0.15, 0.2) is 11.6 Å². The molecule has 90 valence electrons. The summed E-state index contributed by atoms with van der Waals surface area (Å²) in [6, 6.07) is 1.42. The first kappa shape index (κ1) is 11.9. The molecule has 1 heterocycles. The Balaban J connectivity index is 2.14. The lowest BCUT2D eigenvalue weighted by atomic mass is 10.2. The number of benzene rings is 1. The number of hydrogen-bond acceptors (Lipinski definition) is 3. The van der Waals surface area contributed by atoms with Crippen molar-refractivity contribution in [2.24, 2.45) is 0 Å². The Labute approximate surface area is 100 Å². The van der Waals surface area contributed by atoms with Crippen LogP contribution in [0.15, 0.2) is 17.5 Å². The van der Waals surface area contributed by atoms with Gasteiger partial charge in [-0.05, 0) is 6.92 Å². The van der Waals surface area contributed by atoms with Crippen LogP contribution in [0.4, 0.5) is 18.9 Å². The van der Waals surface area contributed by atoms with E-state index in [1.165, 1.54) is 11.3 Å². The third kappa shape index (κ3) is 2.76. The van der Waals surface area contributed by atoms with E-state index in [9.17, 15) is 13.2 Å². The highest BCUT2D eigenvalue weighted by atomic mass is 32.1. The fourth-order valence-electron chi connectivity index (χ4n) is 1.36. The van der Waals surface area contributed by atoms with Gasteiger partial charge in [-0.15, -0.1) is 11.3 Å². The van der Waals surface area contributed by atoms with Crippen LogP contribution in [0.5, 0.6) is 0 Å². The fourth-order valence-corrected chi connectivity index (χ4v) is 1.97. The predicted octanol–water partition coefficient (Wildman–Crippen LogP) is 3.48. The van der Waals surface area contributed by atoms with Crippen molar-refractivity contribution in [1.82, 2.24) is 4.98 Å². The minimum atomic E-state index is -1.21. The quantitative estimate of drug-likeness (QED) is 0.852. The lowest BCUT2D eigenvalue weighted by Crippen LogP contribution is -2.04. The molecular weight excluding hydrogens is 249 g/mol. The number of rotatable bonds is 3. The molecule has 0 amide bonds. The van der Waals surface area contributed by atoms with E-state index < -0.39 is 17.5 Å². The molecule has 6 heteroatoms. The molecule has 0 aliphatic heterocycles. The number of aromatic nitrogens is 1. The Morgan fingerprint density at radius 3 is 2.71 bits per heavy atom. The van der Waals surface area contributed by atoms with Crippen molar-refractivity contribution in [2.75, 3.05) is 5.32 Å². The zero-order chi connectivity index (χ0) is 12.4. The third-order valence-corrected chi connectivity index (χ3v) is 2.94. The average molecular weight is 258 g/mol. The Morgan fingerprint density at radius 1 is 1.29 bits per heavy atom. The summed E-state index contributed by atoms with van der Waals surface area (Å²) in [5, 5.41) is 5.30. The first-order valence-corrected chi connectivity index (χ1v) is 5.73. The molecule has 0 spiro atoms. The molecule has 0 aliphatic carbocycles. The van der Waals surface area contributed by atoms with Gasteiger partial charge in [0.2, 0.25) is 0 Å². The van der Waals surface area contributed by atoms with Crippen LogP contribution in [0.1, 0.15) is 10.7 Å². The molecule has 0 fully saturated rings. The maximum atomic E-state index is 13.3. The number of hydrogen-bond donors (Lipinski definition) is 1. The monoisotopic (exact) mass is 258 g/mol. The zero-order valence-corrected chi connectivity index (χ0v) is 9.75. The second kappa shape index (κ2) is 4.75. The number of halogens is 3. The van der Waals surface area contributed by atoms with Crippen LogP contribution < -0.4 is 5.32 Å². The minimum absolute atomic E-state index is 0.201. The van der Waals surface area contributed by atoms with E-state index in [1.807, 2.05) is 6.92 Å². The zero-order valence-electron chi connectivity index (χ0n) is 8.93. The Hall–Kier alpha value is -1.56. The first-order valence-electron chi connectivity index (χ1n) is 4.85. The van der Waals surface area contributed by atoms with Gasteiger partial charge in [-0.25, -0.2) is 18.2 Å². The number of nitrogens with one attached hydrogen (secondary N) is 1. The van der Waals surface area contributed by atoms with E-state index in [2.05, 4.69) is 10.3 Å². The molecule has 0 unspecified atom stereocenters. The van der Waals surface area contributed by atoms with Crippen LogP contribution in [0.2, 0.25) is 0 Å². The fraction of sp³-hybridized carbons (Fsp3) is 0.182. The normalized spacial score (nSPS) is 10.6. The van der Waals surface area contributed by atoms with E-state index >= 15 is 0 Å². The second-order valence-electron chi connectivity index (χ2n) is 3.46. The molecule has 2 aromatic rings. The van der Waals surface area contributed by atoms with Crippen molar-refractivity contribution in [3.05, 3.63) is 45.7 Å². The van der Waals surface area contributed by atoms with Crippen molar-refractivity contribution >= 4 is 17.0 Å². The molecule has 2 rings (SSSR count). The predicted molar refractivity (Wildman–Crippen MR) is 60.5 cm³/mol. The molecule has 1 aromatic heterocycles. The topological polar surface area (TPSA) is 24.9 Å². The van der Waals surface area contributed by atoms with Gasteiger partial charge in [-0.1, -0.05) is 0 Å².